The molecule has 0 saturated carbocycles. The van der Waals surface area contributed by atoms with Crippen molar-refractivity contribution < 1.29 is 4.79 Å². The lowest BCUT2D eigenvalue weighted by Gasteiger charge is -2.22. The molecule has 1 aromatic heterocycles. The molecule has 5 heteroatoms. The van der Waals surface area contributed by atoms with E-state index in [4.69, 9.17) is 0 Å². The number of carbonyl (C=O) groups excluding carboxylic acids is 1. The summed E-state index contributed by atoms with van der Waals surface area (Å²) in [6.07, 6.45) is 3.95. The van der Waals surface area contributed by atoms with Crippen LogP contribution < -0.4 is 10.2 Å². The number of hydrogen-bond donors (Lipinski definition) is 1. The number of anilines is 1. The summed E-state index contributed by atoms with van der Waals surface area (Å²) >= 11 is 0. The highest BCUT2D eigenvalue weighted by atomic mass is 16.2. The van der Waals surface area contributed by atoms with Gasteiger partial charge in [0.15, 0.2) is 0 Å². The number of aromatic nitrogens is 1. The Morgan fingerprint density at radius 1 is 1.43 bits per heavy atom. The molecule has 1 unspecified atom stereocenters. The van der Waals surface area contributed by atoms with E-state index in [1.165, 1.54) is 5.56 Å². The molecule has 5 nitrogen and oxygen atoms in total. The van der Waals surface area contributed by atoms with Crippen molar-refractivity contribution in [1.82, 2.24) is 15.2 Å². The van der Waals surface area contributed by atoms with Crippen molar-refractivity contribution in [3.63, 3.8) is 0 Å². The molecule has 1 atom stereocenters. The third-order valence-corrected chi connectivity index (χ3v) is 3.97. The topological polar surface area (TPSA) is 48.5 Å². The number of amides is 1. The standard InChI is InChI=1S/C16H26N4O/c1-4-7-17-13(2)14-6-8-18-15(11-14)20-10-5-9-19(3)16(21)12-20/h6,8,11,13,17H,4-5,7,9-10,12H2,1-3H3. The lowest BCUT2D eigenvalue weighted by atomic mass is 10.1. The second-order valence-electron chi connectivity index (χ2n) is 5.71. The van der Waals surface area contributed by atoms with Crippen LogP contribution in [0.3, 0.4) is 0 Å². The SMILES string of the molecule is CCCNC(C)c1ccnc(N2CCCN(C)C(=O)C2)c1. The Labute approximate surface area is 127 Å². The van der Waals surface area contributed by atoms with E-state index in [-0.39, 0.29) is 5.91 Å². The molecule has 1 N–H and O–H groups in total. The highest BCUT2D eigenvalue weighted by Gasteiger charge is 2.20. The Balaban J connectivity index is 2.11. The molecule has 2 heterocycles. The summed E-state index contributed by atoms with van der Waals surface area (Å²) in [4.78, 5) is 20.3. The van der Waals surface area contributed by atoms with E-state index in [2.05, 4.69) is 35.1 Å². The van der Waals surface area contributed by atoms with Gasteiger partial charge in [0.05, 0.1) is 6.54 Å². The van der Waals surface area contributed by atoms with Crippen molar-refractivity contribution in [2.45, 2.75) is 32.7 Å². The number of carbonyl (C=O) groups is 1. The van der Waals surface area contributed by atoms with Crippen LogP contribution in [0.25, 0.3) is 0 Å². The lowest BCUT2D eigenvalue weighted by molar-refractivity contribution is -0.127. The molecule has 0 spiro atoms. The Bertz CT molecular complexity index is 477. The molecule has 2 rings (SSSR count). The summed E-state index contributed by atoms with van der Waals surface area (Å²) in [7, 11) is 1.87. The van der Waals surface area contributed by atoms with Gasteiger partial charge in [0.1, 0.15) is 5.82 Å². The summed E-state index contributed by atoms with van der Waals surface area (Å²) in [5.41, 5.74) is 1.22. The fourth-order valence-corrected chi connectivity index (χ4v) is 2.54. The summed E-state index contributed by atoms with van der Waals surface area (Å²) in [5, 5.41) is 3.49. The van der Waals surface area contributed by atoms with E-state index in [1.807, 2.05) is 19.3 Å². The fourth-order valence-electron chi connectivity index (χ4n) is 2.54. The van der Waals surface area contributed by atoms with Crippen LogP contribution in [-0.2, 0) is 4.79 Å². The maximum Gasteiger partial charge on any atom is 0.241 e. The molecule has 1 aliphatic heterocycles. The summed E-state index contributed by atoms with van der Waals surface area (Å²) in [6.45, 7) is 7.45. The highest BCUT2D eigenvalue weighted by molar-refractivity contribution is 5.81. The average Bonchev–Trinajstić information content (AvgIpc) is 2.67. The first kappa shape index (κ1) is 15.8. The van der Waals surface area contributed by atoms with Gasteiger partial charge in [0.2, 0.25) is 5.91 Å². The third kappa shape index (κ3) is 4.17. The van der Waals surface area contributed by atoms with Crippen molar-refractivity contribution in [1.29, 1.82) is 0 Å². The van der Waals surface area contributed by atoms with E-state index in [1.54, 1.807) is 4.90 Å². The van der Waals surface area contributed by atoms with Crippen molar-refractivity contribution >= 4 is 11.7 Å². The van der Waals surface area contributed by atoms with Crippen molar-refractivity contribution in [2.24, 2.45) is 0 Å². The van der Waals surface area contributed by atoms with Gasteiger partial charge < -0.3 is 15.1 Å². The summed E-state index contributed by atoms with van der Waals surface area (Å²) in [5.74, 6) is 1.07. The first-order valence-corrected chi connectivity index (χ1v) is 7.80. The quantitative estimate of drug-likeness (QED) is 0.898. The fraction of sp³-hybridized carbons (Fsp3) is 0.625. The van der Waals surface area contributed by atoms with Gasteiger partial charge >= 0.3 is 0 Å². The van der Waals surface area contributed by atoms with Crippen LogP contribution in [0.15, 0.2) is 18.3 Å². The first-order valence-electron chi connectivity index (χ1n) is 7.80. The number of nitrogens with one attached hydrogen (secondary N) is 1. The summed E-state index contributed by atoms with van der Waals surface area (Å²) in [6, 6.07) is 4.45. The van der Waals surface area contributed by atoms with Gasteiger partial charge in [0.25, 0.3) is 0 Å². The van der Waals surface area contributed by atoms with Crippen LogP contribution in [0.4, 0.5) is 5.82 Å². The molecule has 1 aliphatic rings. The number of rotatable bonds is 5. The van der Waals surface area contributed by atoms with Gasteiger partial charge in [-0.05, 0) is 44.0 Å². The minimum atomic E-state index is 0.164. The zero-order chi connectivity index (χ0) is 15.2. The average molecular weight is 290 g/mol. The second-order valence-corrected chi connectivity index (χ2v) is 5.71. The van der Waals surface area contributed by atoms with Gasteiger partial charge in [-0.15, -0.1) is 0 Å². The Morgan fingerprint density at radius 3 is 3.00 bits per heavy atom. The highest BCUT2D eigenvalue weighted by Crippen LogP contribution is 2.19. The van der Waals surface area contributed by atoms with Gasteiger partial charge in [-0.1, -0.05) is 6.92 Å². The van der Waals surface area contributed by atoms with E-state index >= 15 is 0 Å². The molecule has 116 valence electrons. The van der Waals surface area contributed by atoms with E-state index in [0.29, 0.717) is 12.6 Å². The molecular weight excluding hydrogens is 264 g/mol. The van der Waals surface area contributed by atoms with Crippen LogP contribution in [0.5, 0.6) is 0 Å². The molecular formula is C16H26N4O. The van der Waals surface area contributed by atoms with Gasteiger partial charge in [-0.25, -0.2) is 4.98 Å². The predicted octanol–water partition coefficient (Wildman–Crippen LogP) is 1.81. The minimum Gasteiger partial charge on any atom is -0.347 e. The van der Waals surface area contributed by atoms with Crippen LogP contribution in [-0.4, -0.2) is 49.0 Å². The maximum absolute atomic E-state index is 12.0. The number of pyridine rings is 1. The number of likely N-dealkylation sites (N-methyl/N-ethyl adjacent to an activating group) is 1. The molecule has 0 bridgehead atoms. The van der Waals surface area contributed by atoms with Gasteiger partial charge in [0, 0.05) is 32.4 Å². The lowest BCUT2D eigenvalue weighted by Crippen LogP contribution is -2.34. The Morgan fingerprint density at radius 2 is 2.24 bits per heavy atom. The zero-order valence-corrected chi connectivity index (χ0v) is 13.3. The van der Waals surface area contributed by atoms with Crippen molar-refractivity contribution in [3.8, 4) is 0 Å². The second kappa shape index (κ2) is 7.41. The molecule has 1 aromatic rings. The Hall–Kier alpha value is -1.62. The van der Waals surface area contributed by atoms with Gasteiger partial charge in [-0.2, -0.15) is 0 Å². The molecule has 21 heavy (non-hydrogen) atoms. The van der Waals surface area contributed by atoms with Crippen LogP contribution in [0.1, 0.15) is 38.3 Å². The largest absolute Gasteiger partial charge is 0.347 e. The predicted molar refractivity (Wildman–Crippen MR) is 85.4 cm³/mol. The van der Waals surface area contributed by atoms with E-state index in [0.717, 1.165) is 38.3 Å². The summed E-state index contributed by atoms with van der Waals surface area (Å²) < 4.78 is 0. The maximum atomic E-state index is 12.0. The normalized spacial score (nSPS) is 17.8. The molecule has 0 radical (unpaired) electrons. The number of hydrogen-bond acceptors (Lipinski definition) is 4. The van der Waals surface area contributed by atoms with Crippen molar-refractivity contribution in [2.75, 3.05) is 38.1 Å². The Kier molecular flexibility index (Phi) is 5.56. The van der Waals surface area contributed by atoms with Crippen LogP contribution in [0.2, 0.25) is 0 Å². The van der Waals surface area contributed by atoms with E-state index < -0.39 is 0 Å². The van der Waals surface area contributed by atoms with Gasteiger partial charge in [-0.3, -0.25) is 4.79 Å². The molecule has 0 aromatic carbocycles. The molecule has 1 amide bonds. The zero-order valence-electron chi connectivity index (χ0n) is 13.3. The molecule has 1 fully saturated rings. The minimum absolute atomic E-state index is 0.164. The monoisotopic (exact) mass is 290 g/mol. The van der Waals surface area contributed by atoms with Crippen molar-refractivity contribution in [3.05, 3.63) is 23.9 Å². The van der Waals surface area contributed by atoms with Crippen LogP contribution >= 0.6 is 0 Å². The van der Waals surface area contributed by atoms with Crippen LogP contribution in [0, 0.1) is 0 Å². The first-order chi connectivity index (χ1) is 10.1. The third-order valence-electron chi connectivity index (χ3n) is 3.97. The van der Waals surface area contributed by atoms with E-state index in [9.17, 15) is 4.79 Å². The smallest absolute Gasteiger partial charge is 0.241 e. The molecule has 1 saturated heterocycles. The molecule has 0 aliphatic carbocycles. The number of nitrogens with zero attached hydrogens (tertiary/aromatic N) is 3.